The summed E-state index contributed by atoms with van der Waals surface area (Å²) in [4.78, 5) is 31.4. The molecule has 0 bridgehead atoms. The lowest BCUT2D eigenvalue weighted by atomic mass is 9.98. The fourth-order valence-corrected chi connectivity index (χ4v) is 7.03. The van der Waals surface area contributed by atoms with E-state index in [-0.39, 0.29) is 32.8 Å². The first-order valence-corrected chi connectivity index (χ1v) is 15.1. The molecule has 2 amide bonds. The number of benzene rings is 2. The fraction of sp³-hybridized carbons (Fsp3) is 0.346. The van der Waals surface area contributed by atoms with E-state index in [1.807, 2.05) is 0 Å². The molecule has 0 aliphatic carbocycles. The van der Waals surface area contributed by atoms with Gasteiger partial charge in [-0.25, -0.2) is 13.4 Å². The first-order chi connectivity index (χ1) is 19.8. The van der Waals surface area contributed by atoms with Crippen LogP contribution >= 0.6 is 11.3 Å². The first kappa shape index (κ1) is 29.6. The highest BCUT2D eigenvalue weighted by molar-refractivity contribution is 7.89. The number of piperidine rings is 1. The number of likely N-dealkylation sites (tertiary alicyclic amines) is 1. The molecule has 42 heavy (non-hydrogen) atoms. The van der Waals surface area contributed by atoms with Crippen molar-refractivity contribution in [3.8, 4) is 21.3 Å². The second-order valence-corrected chi connectivity index (χ2v) is 12.7. The summed E-state index contributed by atoms with van der Waals surface area (Å²) in [6, 6.07) is 6.56. The van der Waals surface area contributed by atoms with Crippen LogP contribution < -0.4 is 10.5 Å². The number of sulfonamides is 1. The second-order valence-electron chi connectivity index (χ2n) is 9.99. The molecule has 2 aromatic heterocycles. The summed E-state index contributed by atoms with van der Waals surface area (Å²) in [5.74, 6) is -1.44. The van der Waals surface area contributed by atoms with Crippen LogP contribution in [-0.2, 0) is 10.0 Å². The topological polar surface area (TPSA) is 161 Å². The molecule has 222 valence electrons. The van der Waals surface area contributed by atoms with Crippen LogP contribution in [0.3, 0.4) is 0 Å². The molecule has 0 unspecified atom stereocenters. The fourth-order valence-electron chi connectivity index (χ4n) is 4.58. The predicted molar refractivity (Wildman–Crippen MR) is 147 cm³/mol. The van der Waals surface area contributed by atoms with Crippen molar-refractivity contribution >= 4 is 43.9 Å². The van der Waals surface area contributed by atoms with Crippen molar-refractivity contribution in [1.82, 2.24) is 24.8 Å². The van der Waals surface area contributed by atoms with Crippen LogP contribution in [0.5, 0.6) is 0 Å². The molecular weight excluding hydrogens is 597 g/mol. The summed E-state index contributed by atoms with van der Waals surface area (Å²) in [6.45, 7) is 3.85. The molecule has 4 aromatic rings. The maximum atomic E-state index is 13.8. The number of thiazole rings is 1. The SMILES string of the molecule is CC1CCN(C(=O)c2nc(-c3nnc(C(N)=O)o3)sc2-c2ccc(S(=O)(=O)N[C@@H](C)C(F)(F)F)c3ccccc23)CC1. The Labute approximate surface area is 242 Å². The highest BCUT2D eigenvalue weighted by atomic mass is 32.2. The average molecular weight is 623 g/mol. The standard InChI is InChI=1S/C26H25F3N6O5S2/c1-13-9-11-35(12-10-13)25(37)19-20(41-24(31-19)23-33-32-22(40-23)21(30)36)17-7-8-18(16-6-4-3-5-15(16)17)42(38,39)34-14(2)26(27,28)29/h3-8,13-14,34H,9-12H2,1-2H3,(H2,30,36)/t14-/m0/s1. The van der Waals surface area contributed by atoms with Crippen molar-refractivity contribution in [3.05, 3.63) is 48.0 Å². The maximum absolute atomic E-state index is 13.8. The smallest absolute Gasteiger partial charge is 0.404 e. The summed E-state index contributed by atoms with van der Waals surface area (Å²) in [5, 5.41) is 8.05. The molecule has 1 atom stereocenters. The molecule has 16 heteroatoms. The third kappa shape index (κ3) is 5.73. The summed E-state index contributed by atoms with van der Waals surface area (Å²) >= 11 is 1.01. The lowest BCUT2D eigenvalue weighted by Crippen LogP contribution is -2.43. The number of amides is 2. The normalized spacial score (nSPS) is 15.7. The van der Waals surface area contributed by atoms with E-state index in [0.717, 1.165) is 24.2 Å². The number of carbonyl (C=O) groups is 2. The van der Waals surface area contributed by atoms with Crippen LogP contribution in [0.15, 0.2) is 45.7 Å². The van der Waals surface area contributed by atoms with Crippen molar-refractivity contribution < 1.29 is 35.6 Å². The van der Waals surface area contributed by atoms with E-state index < -0.39 is 34.0 Å². The van der Waals surface area contributed by atoms with E-state index in [2.05, 4.69) is 22.1 Å². The van der Waals surface area contributed by atoms with Gasteiger partial charge in [0, 0.05) is 24.0 Å². The molecule has 1 aliphatic rings. The van der Waals surface area contributed by atoms with E-state index in [9.17, 15) is 31.2 Å². The van der Waals surface area contributed by atoms with Crippen LogP contribution in [0.1, 0.15) is 47.9 Å². The molecule has 0 saturated carbocycles. The number of nitrogens with zero attached hydrogens (tertiary/aromatic N) is 4. The van der Waals surface area contributed by atoms with Crippen molar-refractivity contribution in [1.29, 1.82) is 0 Å². The Morgan fingerprint density at radius 3 is 2.40 bits per heavy atom. The van der Waals surface area contributed by atoms with Crippen LogP contribution in [0.4, 0.5) is 13.2 Å². The zero-order valence-electron chi connectivity index (χ0n) is 22.3. The van der Waals surface area contributed by atoms with E-state index in [0.29, 0.717) is 41.8 Å². The van der Waals surface area contributed by atoms with E-state index >= 15 is 0 Å². The second kappa shape index (κ2) is 11.1. The molecule has 3 N–H and O–H groups in total. The Kier molecular flexibility index (Phi) is 7.80. The maximum Gasteiger partial charge on any atom is 0.404 e. The summed E-state index contributed by atoms with van der Waals surface area (Å²) in [7, 11) is -4.59. The number of hydrogen-bond donors (Lipinski definition) is 2. The number of fused-ring (bicyclic) bond motifs is 1. The van der Waals surface area contributed by atoms with Crippen molar-refractivity contribution in [3.63, 3.8) is 0 Å². The Bertz CT molecular complexity index is 1780. The molecule has 1 fully saturated rings. The van der Waals surface area contributed by atoms with Crippen LogP contribution in [-0.4, -0.2) is 65.6 Å². The monoisotopic (exact) mass is 622 g/mol. The minimum Gasteiger partial charge on any atom is -0.410 e. The van der Waals surface area contributed by atoms with Gasteiger partial charge in [0.15, 0.2) is 5.01 Å². The largest absolute Gasteiger partial charge is 0.410 e. The summed E-state index contributed by atoms with van der Waals surface area (Å²) in [6.07, 6.45) is -3.17. The van der Waals surface area contributed by atoms with Gasteiger partial charge in [0.1, 0.15) is 11.7 Å². The molecule has 2 aromatic carbocycles. The van der Waals surface area contributed by atoms with Gasteiger partial charge in [-0.15, -0.1) is 21.5 Å². The van der Waals surface area contributed by atoms with Gasteiger partial charge in [-0.1, -0.05) is 37.3 Å². The zero-order valence-corrected chi connectivity index (χ0v) is 23.9. The average Bonchev–Trinajstić information content (AvgIpc) is 3.60. The van der Waals surface area contributed by atoms with Gasteiger partial charge in [0.2, 0.25) is 10.0 Å². The molecule has 1 saturated heterocycles. The number of halogens is 3. The minimum absolute atomic E-state index is 0.0490. The molecule has 0 radical (unpaired) electrons. The van der Waals surface area contributed by atoms with Gasteiger partial charge in [-0.2, -0.15) is 17.9 Å². The third-order valence-electron chi connectivity index (χ3n) is 6.96. The lowest BCUT2D eigenvalue weighted by molar-refractivity contribution is -0.147. The van der Waals surface area contributed by atoms with Gasteiger partial charge in [0.25, 0.3) is 11.8 Å². The van der Waals surface area contributed by atoms with Gasteiger partial charge in [-0.3, -0.25) is 9.59 Å². The summed E-state index contributed by atoms with van der Waals surface area (Å²) in [5.41, 5.74) is 5.69. The quantitative estimate of drug-likeness (QED) is 0.310. The summed E-state index contributed by atoms with van der Waals surface area (Å²) < 4.78 is 72.6. The Hall–Kier alpha value is -3.89. The van der Waals surface area contributed by atoms with E-state index in [1.165, 1.54) is 18.2 Å². The zero-order chi connectivity index (χ0) is 30.4. The van der Waals surface area contributed by atoms with Crippen molar-refractivity contribution in [2.75, 3.05) is 13.1 Å². The van der Waals surface area contributed by atoms with Gasteiger partial charge in [-0.05, 0) is 37.1 Å². The van der Waals surface area contributed by atoms with Crippen LogP contribution in [0, 0.1) is 5.92 Å². The molecule has 0 spiro atoms. The van der Waals surface area contributed by atoms with Gasteiger partial charge < -0.3 is 15.1 Å². The Morgan fingerprint density at radius 2 is 1.79 bits per heavy atom. The molecule has 11 nitrogen and oxygen atoms in total. The van der Waals surface area contributed by atoms with Crippen LogP contribution in [0.2, 0.25) is 0 Å². The van der Waals surface area contributed by atoms with E-state index in [4.69, 9.17) is 10.2 Å². The Morgan fingerprint density at radius 1 is 1.12 bits per heavy atom. The van der Waals surface area contributed by atoms with Crippen molar-refractivity contribution in [2.45, 2.75) is 43.8 Å². The predicted octanol–water partition coefficient (Wildman–Crippen LogP) is 4.21. The van der Waals surface area contributed by atoms with E-state index in [1.54, 1.807) is 27.8 Å². The number of primary amides is 1. The number of hydrogen-bond acceptors (Lipinski definition) is 9. The third-order valence-corrected chi connectivity index (χ3v) is 9.64. The van der Waals surface area contributed by atoms with Gasteiger partial charge in [0.05, 0.1) is 9.77 Å². The number of nitrogens with one attached hydrogen (secondary N) is 1. The molecule has 3 heterocycles. The van der Waals surface area contributed by atoms with Gasteiger partial charge >= 0.3 is 18.0 Å². The minimum atomic E-state index is -4.79. The number of aromatic nitrogens is 3. The molecular formula is C26H25F3N6O5S2. The number of alkyl halides is 3. The molecule has 5 rings (SSSR count). The highest BCUT2D eigenvalue weighted by Gasteiger charge is 2.39. The Balaban J connectivity index is 1.65. The number of rotatable bonds is 7. The number of carbonyl (C=O) groups excluding carboxylic acids is 2. The number of nitrogens with two attached hydrogens (primary N) is 1. The molecule has 1 aliphatic heterocycles. The van der Waals surface area contributed by atoms with Crippen molar-refractivity contribution in [2.24, 2.45) is 11.7 Å². The van der Waals surface area contributed by atoms with Crippen LogP contribution in [0.25, 0.3) is 32.1 Å². The lowest BCUT2D eigenvalue weighted by Gasteiger charge is -2.30. The highest BCUT2D eigenvalue weighted by Crippen LogP contribution is 2.41. The first-order valence-electron chi connectivity index (χ1n) is 12.8.